The molecule has 218 valence electrons. The van der Waals surface area contributed by atoms with E-state index < -0.39 is 17.1 Å². The van der Waals surface area contributed by atoms with Gasteiger partial charge in [-0.25, -0.2) is 9.50 Å². The summed E-state index contributed by atoms with van der Waals surface area (Å²) in [6.07, 6.45) is 2.57. The Labute approximate surface area is 240 Å². The third kappa shape index (κ3) is 6.28. The van der Waals surface area contributed by atoms with Gasteiger partial charge in [0.15, 0.2) is 0 Å². The Hall–Kier alpha value is -3.76. The SMILES string of the molecule is CN1CCC[C@H]1COc1nc(OC(C)(C)C)c2ncc(C(O)c3cc(OC(=O)C(C)(C)C)cc4ccccc34)n2n1. The van der Waals surface area contributed by atoms with Crippen molar-refractivity contribution in [2.24, 2.45) is 5.41 Å². The molecule has 0 bridgehead atoms. The minimum atomic E-state index is -1.16. The molecule has 2 aromatic carbocycles. The van der Waals surface area contributed by atoms with Crippen molar-refractivity contribution < 1.29 is 24.1 Å². The number of aliphatic hydroxyl groups is 1. The molecule has 1 aliphatic heterocycles. The molecule has 4 aromatic rings. The van der Waals surface area contributed by atoms with Crippen molar-refractivity contribution in [3.63, 3.8) is 0 Å². The van der Waals surface area contributed by atoms with E-state index in [2.05, 4.69) is 27.0 Å². The van der Waals surface area contributed by atoms with Crippen LogP contribution in [0.5, 0.6) is 17.6 Å². The van der Waals surface area contributed by atoms with Crippen LogP contribution in [0, 0.1) is 5.41 Å². The first kappa shape index (κ1) is 28.8. The first-order chi connectivity index (χ1) is 19.3. The lowest BCUT2D eigenvalue weighted by molar-refractivity contribution is -0.143. The summed E-state index contributed by atoms with van der Waals surface area (Å²) >= 11 is 0. The second-order valence-electron chi connectivity index (χ2n) is 12.7. The normalized spacial score (nSPS) is 17.2. The standard InChI is InChI=1S/C31H39N5O5/c1-30(2,3)28(38)40-21-15-19-11-8-9-13-22(19)23(16-21)25(37)24-17-32-26-27(41-31(4,5)6)33-29(34-36(24)26)39-18-20-12-10-14-35(20)7/h8-9,11,13,15-17,20,25,37H,10,12,14,18H2,1-7H3/t20-,25?/m0/s1. The molecule has 0 saturated carbocycles. The molecule has 0 aliphatic carbocycles. The van der Waals surface area contributed by atoms with Crippen molar-refractivity contribution in [1.82, 2.24) is 24.5 Å². The van der Waals surface area contributed by atoms with Crippen LogP contribution in [0.2, 0.25) is 0 Å². The molecule has 10 nitrogen and oxygen atoms in total. The van der Waals surface area contributed by atoms with Gasteiger partial charge in [0.1, 0.15) is 24.1 Å². The van der Waals surface area contributed by atoms with Crippen molar-refractivity contribution in [1.29, 1.82) is 0 Å². The number of rotatable bonds is 7. The highest BCUT2D eigenvalue weighted by atomic mass is 16.5. The number of carbonyl (C=O) groups is 1. The summed E-state index contributed by atoms with van der Waals surface area (Å²) in [5.41, 5.74) is 0.0704. The molecule has 3 heterocycles. The molecule has 1 saturated heterocycles. The number of carbonyl (C=O) groups excluding carboxylic acids is 1. The fraction of sp³-hybridized carbons (Fsp3) is 0.484. The molecule has 2 atom stereocenters. The highest BCUT2D eigenvalue weighted by molar-refractivity contribution is 5.89. The number of aromatic nitrogens is 4. The van der Waals surface area contributed by atoms with E-state index in [1.807, 2.05) is 45.0 Å². The molecule has 5 rings (SSSR count). The van der Waals surface area contributed by atoms with Crippen LogP contribution in [0.4, 0.5) is 0 Å². The Morgan fingerprint density at radius 1 is 1.15 bits per heavy atom. The molecule has 2 aromatic heterocycles. The zero-order valence-electron chi connectivity index (χ0n) is 24.8. The number of aliphatic hydroxyl groups excluding tert-OH is 1. The fourth-order valence-electron chi connectivity index (χ4n) is 4.84. The number of hydrogen-bond acceptors (Lipinski definition) is 9. The minimum Gasteiger partial charge on any atom is -0.469 e. The van der Waals surface area contributed by atoms with Crippen LogP contribution < -0.4 is 14.2 Å². The molecule has 0 spiro atoms. The third-order valence-corrected chi connectivity index (χ3v) is 7.08. The second kappa shape index (κ2) is 10.9. The molecular formula is C31H39N5O5. The van der Waals surface area contributed by atoms with Crippen LogP contribution in [0.25, 0.3) is 16.4 Å². The summed E-state index contributed by atoms with van der Waals surface area (Å²) in [6.45, 7) is 12.6. The summed E-state index contributed by atoms with van der Waals surface area (Å²) in [5.74, 6) is 0.246. The summed E-state index contributed by atoms with van der Waals surface area (Å²) in [5, 5.41) is 18.1. The molecular weight excluding hydrogens is 522 g/mol. The number of likely N-dealkylation sites (N-methyl/N-ethyl adjacent to an activating group) is 1. The van der Waals surface area contributed by atoms with Crippen molar-refractivity contribution in [3.05, 3.63) is 53.9 Å². The number of nitrogens with zero attached hydrogens (tertiary/aromatic N) is 5. The van der Waals surface area contributed by atoms with Crippen molar-refractivity contribution in [3.8, 4) is 17.6 Å². The van der Waals surface area contributed by atoms with Crippen molar-refractivity contribution in [2.75, 3.05) is 20.2 Å². The van der Waals surface area contributed by atoms with Crippen LogP contribution in [0.3, 0.4) is 0 Å². The van der Waals surface area contributed by atoms with Crippen molar-refractivity contribution >= 4 is 22.4 Å². The summed E-state index contributed by atoms with van der Waals surface area (Å²) < 4.78 is 19.5. The van der Waals surface area contributed by atoms with Gasteiger partial charge in [-0.2, -0.15) is 4.98 Å². The topological polar surface area (TPSA) is 111 Å². The first-order valence-corrected chi connectivity index (χ1v) is 14.0. The number of likely N-dealkylation sites (tertiary alicyclic amines) is 1. The lowest BCUT2D eigenvalue weighted by Gasteiger charge is -2.22. The second-order valence-corrected chi connectivity index (χ2v) is 12.7. The third-order valence-electron chi connectivity index (χ3n) is 7.08. The van der Waals surface area contributed by atoms with Gasteiger partial charge in [-0.05, 0) is 96.4 Å². The van der Waals surface area contributed by atoms with Gasteiger partial charge in [-0.3, -0.25) is 4.79 Å². The zero-order valence-corrected chi connectivity index (χ0v) is 24.8. The Balaban J connectivity index is 1.57. The van der Waals surface area contributed by atoms with E-state index in [9.17, 15) is 9.90 Å². The molecule has 1 N–H and O–H groups in total. The average Bonchev–Trinajstić information content (AvgIpc) is 3.51. The van der Waals surface area contributed by atoms with Gasteiger partial charge in [0.05, 0.1) is 17.3 Å². The molecule has 1 fully saturated rings. The van der Waals surface area contributed by atoms with E-state index in [-0.39, 0.29) is 23.9 Å². The van der Waals surface area contributed by atoms with Gasteiger partial charge in [-0.1, -0.05) is 24.3 Å². The summed E-state index contributed by atoms with van der Waals surface area (Å²) in [6, 6.07) is 11.5. The van der Waals surface area contributed by atoms with Gasteiger partial charge < -0.3 is 24.2 Å². The number of esters is 1. The number of imidazole rings is 1. The van der Waals surface area contributed by atoms with E-state index in [0.717, 1.165) is 30.2 Å². The van der Waals surface area contributed by atoms with Crippen LogP contribution in [-0.4, -0.2) is 67.4 Å². The maximum absolute atomic E-state index is 12.7. The van der Waals surface area contributed by atoms with Gasteiger partial charge in [0.25, 0.3) is 5.88 Å². The molecule has 1 aliphatic rings. The van der Waals surface area contributed by atoms with Crippen LogP contribution in [0.15, 0.2) is 42.6 Å². The minimum absolute atomic E-state index is 0.140. The van der Waals surface area contributed by atoms with Crippen LogP contribution >= 0.6 is 0 Å². The van der Waals surface area contributed by atoms with E-state index in [4.69, 9.17) is 14.2 Å². The predicted molar refractivity (Wildman–Crippen MR) is 155 cm³/mol. The predicted octanol–water partition coefficient (Wildman–Crippen LogP) is 4.96. The largest absolute Gasteiger partial charge is 0.469 e. The van der Waals surface area contributed by atoms with E-state index >= 15 is 0 Å². The average molecular weight is 562 g/mol. The zero-order chi connectivity index (χ0) is 29.5. The first-order valence-electron chi connectivity index (χ1n) is 14.0. The van der Waals surface area contributed by atoms with Gasteiger partial charge in [-0.15, -0.1) is 5.10 Å². The maximum atomic E-state index is 12.7. The highest BCUT2D eigenvalue weighted by Gasteiger charge is 2.28. The Morgan fingerprint density at radius 3 is 2.59 bits per heavy atom. The molecule has 0 radical (unpaired) electrons. The van der Waals surface area contributed by atoms with E-state index in [1.165, 1.54) is 4.52 Å². The lowest BCUT2D eigenvalue weighted by Crippen LogP contribution is -2.31. The Bertz CT molecular complexity index is 1570. The summed E-state index contributed by atoms with van der Waals surface area (Å²) in [4.78, 5) is 24.0. The highest BCUT2D eigenvalue weighted by Crippen LogP contribution is 2.35. The number of hydrogen-bond donors (Lipinski definition) is 1. The molecule has 10 heteroatoms. The van der Waals surface area contributed by atoms with Crippen LogP contribution in [-0.2, 0) is 4.79 Å². The Kier molecular flexibility index (Phi) is 7.65. The van der Waals surface area contributed by atoms with E-state index in [0.29, 0.717) is 29.3 Å². The number of benzene rings is 2. The van der Waals surface area contributed by atoms with Crippen LogP contribution in [0.1, 0.15) is 71.7 Å². The molecule has 41 heavy (non-hydrogen) atoms. The monoisotopic (exact) mass is 561 g/mol. The van der Waals surface area contributed by atoms with Crippen molar-refractivity contribution in [2.45, 2.75) is 72.1 Å². The van der Waals surface area contributed by atoms with Gasteiger partial charge in [0, 0.05) is 6.04 Å². The lowest BCUT2D eigenvalue weighted by atomic mass is 9.96. The van der Waals surface area contributed by atoms with E-state index in [1.54, 1.807) is 39.1 Å². The Morgan fingerprint density at radius 2 is 1.90 bits per heavy atom. The smallest absolute Gasteiger partial charge is 0.337 e. The number of fused-ring (bicyclic) bond motifs is 2. The van der Waals surface area contributed by atoms with Gasteiger partial charge >= 0.3 is 12.0 Å². The molecule has 1 unspecified atom stereocenters. The maximum Gasteiger partial charge on any atom is 0.337 e. The quantitative estimate of drug-likeness (QED) is 0.247. The fourth-order valence-corrected chi connectivity index (χ4v) is 4.84. The number of ether oxygens (including phenoxy) is 3. The molecule has 0 amide bonds. The summed E-state index contributed by atoms with van der Waals surface area (Å²) in [7, 11) is 2.08. The van der Waals surface area contributed by atoms with Gasteiger partial charge in [0.2, 0.25) is 5.65 Å².